The lowest BCUT2D eigenvalue weighted by Crippen LogP contribution is -2.19. The van der Waals surface area contributed by atoms with Crippen LogP contribution in [0.4, 0.5) is 21.9 Å². The van der Waals surface area contributed by atoms with Gasteiger partial charge in [0.1, 0.15) is 0 Å². The molecule has 0 aliphatic heterocycles. The van der Waals surface area contributed by atoms with E-state index in [1.165, 1.54) is 6.20 Å². The third-order valence-corrected chi connectivity index (χ3v) is 4.58. The molecule has 2 heterocycles. The summed E-state index contributed by atoms with van der Waals surface area (Å²) in [4.78, 5) is 28.7. The SMILES string of the molecule is O=C(Nc1cnn(-c2cccc(C(=O)Nc3cccnc3)c2)c1)Nc1ccccc1Cl. The molecule has 0 bridgehead atoms. The topological polar surface area (TPSA) is 101 Å². The van der Waals surface area contributed by atoms with Crippen LogP contribution in [0.2, 0.25) is 5.02 Å². The molecule has 0 atom stereocenters. The van der Waals surface area contributed by atoms with Gasteiger partial charge in [-0.05, 0) is 42.5 Å². The van der Waals surface area contributed by atoms with Gasteiger partial charge in [0.2, 0.25) is 0 Å². The molecule has 3 N–H and O–H groups in total. The third-order valence-electron chi connectivity index (χ3n) is 4.25. The van der Waals surface area contributed by atoms with Crippen LogP contribution in [0.1, 0.15) is 10.4 Å². The van der Waals surface area contributed by atoms with E-state index in [4.69, 9.17) is 11.6 Å². The fraction of sp³-hybridized carbons (Fsp3) is 0. The van der Waals surface area contributed by atoms with E-state index in [0.717, 1.165) is 0 Å². The number of hydrogen-bond donors (Lipinski definition) is 3. The van der Waals surface area contributed by atoms with Crippen molar-refractivity contribution in [1.29, 1.82) is 0 Å². The molecular formula is C22H17ClN6O2. The van der Waals surface area contributed by atoms with Crippen molar-refractivity contribution < 1.29 is 9.59 Å². The highest BCUT2D eigenvalue weighted by Gasteiger charge is 2.10. The molecule has 0 aliphatic rings. The summed E-state index contributed by atoms with van der Waals surface area (Å²) in [6.07, 6.45) is 6.36. The maximum absolute atomic E-state index is 12.5. The number of nitrogens with zero attached hydrogens (tertiary/aromatic N) is 3. The van der Waals surface area contributed by atoms with Crippen LogP contribution in [-0.2, 0) is 0 Å². The maximum atomic E-state index is 12.5. The van der Waals surface area contributed by atoms with Crippen LogP contribution in [-0.4, -0.2) is 26.7 Å². The highest BCUT2D eigenvalue weighted by molar-refractivity contribution is 6.33. The van der Waals surface area contributed by atoms with Crippen molar-refractivity contribution in [2.75, 3.05) is 16.0 Å². The van der Waals surface area contributed by atoms with Gasteiger partial charge < -0.3 is 16.0 Å². The highest BCUT2D eigenvalue weighted by Crippen LogP contribution is 2.21. The van der Waals surface area contributed by atoms with E-state index in [1.54, 1.807) is 83.9 Å². The molecule has 3 amide bonds. The first kappa shape index (κ1) is 20.1. The van der Waals surface area contributed by atoms with E-state index < -0.39 is 6.03 Å². The minimum atomic E-state index is -0.447. The normalized spacial score (nSPS) is 10.4. The molecular weight excluding hydrogens is 416 g/mol. The lowest BCUT2D eigenvalue weighted by Gasteiger charge is -2.08. The summed E-state index contributed by atoms with van der Waals surface area (Å²) in [5, 5.41) is 12.9. The summed E-state index contributed by atoms with van der Waals surface area (Å²) in [7, 11) is 0. The van der Waals surface area contributed by atoms with Crippen LogP contribution in [0.15, 0.2) is 85.5 Å². The Hall–Kier alpha value is -4.17. The monoisotopic (exact) mass is 432 g/mol. The molecule has 0 saturated heterocycles. The van der Waals surface area contributed by atoms with Gasteiger partial charge in [0, 0.05) is 11.8 Å². The molecule has 4 rings (SSSR count). The van der Waals surface area contributed by atoms with Crippen LogP contribution in [0, 0.1) is 0 Å². The number of urea groups is 1. The van der Waals surface area contributed by atoms with Gasteiger partial charge in [-0.15, -0.1) is 0 Å². The summed E-state index contributed by atoms with van der Waals surface area (Å²) in [6.45, 7) is 0. The number of nitrogens with one attached hydrogen (secondary N) is 3. The lowest BCUT2D eigenvalue weighted by molar-refractivity contribution is 0.102. The summed E-state index contributed by atoms with van der Waals surface area (Å²) < 4.78 is 1.56. The number of amides is 3. The molecule has 154 valence electrons. The molecule has 2 aromatic carbocycles. The van der Waals surface area contributed by atoms with Gasteiger partial charge >= 0.3 is 6.03 Å². The quantitative estimate of drug-likeness (QED) is 0.421. The molecule has 2 aromatic heterocycles. The Morgan fingerprint density at radius 1 is 0.871 bits per heavy atom. The summed E-state index contributed by atoms with van der Waals surface area (Å²) >= 11 is 6.05. The first-order chi connectivity index (χ1) is 15.1. The van der Waals surface area contributed by atoms with Gasteiger partial charge in [0.25, 0.3) is 5.91 Å². The van der Waals surface area contributed by atoms with Crippen molar-refractivity contribution >= 4 is 40.6 Å². The number of pyridine rings is 1. The highest BCUT2D eigenvalue weighted by atomic mass is 35.5. The van der Waals surface area contributed by atoms with E-state index in [2.05, 4.69) is 26.0 Å². The largest absolute Gasteiger partial charge is 0.323 e. The van der Waals surface area contributed by atoms with E-state index >= 15 is 0 Å². The molecule has 0 radical (unpaired) electrons. The average Bonchev–Trinajstić information content (AvgIpc) is 3.24. The van der Waals surface area contributed by atoms with Gasteiger partial charge in [-0.3, -0.25) is 9.78 Å². The number of para-hydroxylation sites is 1. The molecule has 0 fully saturated rings. The average molecular weight is 433 g/mol. The van der Waals surface area contributed by atoms with Crippen molar-refractivity contribution in [3.8, 4) is 5.69 Å². The molecule has 4 aromatic rings. The number of aromatic nitrogens is 3. The number of carbonyl (C=O) groups is 2. The van der Waals surface area contributed by atoms with Gasteiger partial charge in [0.15, 0.2) is 0 Å². The molecule has 0 spiro atoms. The maximum Gasteiger partial charge on any atom is 0.323 e. The second-order valence-corrected chi connectivity index (χ2v) is 6.89. The Bertz CT molecular complexity index is 1230. The minimum Gasteiger partial charge on any atom is -0.321 e. The van der Waals surface area contributed by atoms with Gasteiger partial charge in [-0.2, -0.15) is 5.10 Å². The van der Waals surface area contributed by atoms with Crippen LogP contribution < -0.4 is 16.0 Å². The van der Waals surface area contributed by atoms with Crippen LogP contribution in [0.3, 0.4) is 0 Å². The van der Waals surface area contributed by atoms with Crippen molar-refractivity contribution in [3.05, 3.63) is 96.0 Å². The Morgan fingerprint density at radius 3 is 2.55 bits per heavy atom. The fourth-order valence-corrected chi connectivity index (χ4v) is 2.99. The molecule has 9 heteroatoms. The predicted molar refractivity (Wildman–Crippen MR) is 120 cm³/mol. The Morgan fingerprint density at radius 2 is 1.74 bits per heavy atom. The van der Waals surface area contributed by atoms with Crippen LogP contribution >= 0.6 is 11.6 Å². The van der Waals surface area contributed by atoms with Gasteiger partial charge in [-0.1, -0.05) is 29.8 Å². The second kappa shape index (κ2) is 9.10. The first-order valence-corrected chi connectivity index (χ1v) is 9.65. The molecule has 0 saturated carbocycles. The summed E-state index contributed by atoms with van der Waals surface area (Å²) in [5.41, 5.74) is 2.71. The zero-order valence-electron chi connectivity index (χ0n) is 16.1. The van der Waals surface area contributed by atoms with Gasteiger partial charge in [-0.25, -0.2) is 9.48 Å². The van der Waals surface area contributed by atoms with E-state index in [-0.39, 0.29) is 5.91 Å². The van der Waals surface area contributed by atoms with Crippen molar-refractivity contribution in [2.45, 2.75) is 0 Å². The zero-order valence-corrected chi connectivity index (χ0v) is 16.9. The number of benzene rings is 2. The van der Waals surface area contributed by atoms with E-state index in [0.29, 0.717) is 33.3 Å². The van der Waals surface area contributed by atoms with Crippen LogP contribution in [0.25, 0.3) is 5.69 Å². The fourth-order valence-electron chi connectivity index (χ4n) is 2.81. The van der Waals surface area contributed by atoms with Crippen LogP contribution in [0.5, 0.6) is 0 Å². The second-order valence-electron chi connectivity index (χ2n) is 6.48. The Balaban J connectivity index is 1.44. The molecule has 8 nitrogen and oxygen atoms in total. The predicted octanol–water partition coefficient (Wildman–Crippen LogP) is 4.82. The number of halogens is 1. The van der Waals surface area contributed by atoms with E-state index in [9.17, 15) is 9.59 Å². The zero-order chi connectivity index (χ0) is 21.6. The van der Waals surface area contributed by atoms with E-state index in [1.807, 2.05) is 0 Å². The Labute approximate surface area is 182 Å². The molecule has 0 aliphatic carbocycles. The minimum absolute atomic E-state index is 0.264. The number of anilines is 3. The number of hydrogen-bond acceptors (Lipinski definition) is 4. The first-order valence-electron chi connectivity index (χ1n) is 9.27. The van der Waals surface area contributed by atoms with Crippen molar-refractivity contribution in [3.63, 3.8) is 0 Å². The summed E-state index contributed by atoms with van der Waals surface area (Å²) in [6, 6.07) is 17.0. The lowest BCUT2D eigenvalue weighted by atomic mass is 10.2. The smallest absolute Gasteiger partial charge is 0.321 e. The molecule has 0 unspecified atom stereocenters. The molecule has 31 heavy (non-hydrogen) atoms. The van der Waals surface area contributed by atoms with Crippen molar-refractivity contribution in [1.82, 2.24) is 14.8 Å². The third kappa shape index (κ3) is 5.06. The van der Waals surface area contributed by atoms with Gasteiger partial charge in [0.05, 0.1) is 46.4 Å². The van der Waals surface area contributed by atoms with Crippen molar-refractivity contribution in [2.24, 2.45) is 0 Å². The Kier molecular flexibility index (Phi) is 5.91. The number of carbonyl (C=O) groups excluding carboxylic acids is 2. The number of rotatable bonds is 5. The standard InChI is InChI=1S/C22H17ClN6O2/c23-19-8-1-2-9-20(19)28-22(31)27-17-13-25-29(14-17)18-7-3-5-15(11-18)21(30)26-16-6-4-10-24-12-16/h1-14H,(H,26,30)(H2,27,28,31). The summed E-state index contributed by atoms with van der Waals surface area (Å²) in [5.74, 6) is -0.264.